The van der Waals surface area contributed by atoms with Gasteiger partial charge in [-0.05, 0) is 18.4 Å². The number of rotatable bonds is 2. The van der Waals surface area contributed by atoms with Crippen molar-refractivity contribution in [2.45, 2.75) is 24.1 Å². The molecule has 6 nitrogen and oxygen atoms in total. The summed E-state index contributed by atoms with van der Waals surface area (Å²) in [6.45, 7) is -0.147. The second kappa shape index (κ2) is 4.10. The highest BCUT2D eigenvalue weighted by Crippen LogP contribution is 2.42. The fourth-order valence-corrected chi connectivity index (χ4v) is 2.91. The normalized spacial score (nSPS) is 30.7. The van der Waals surface area contributed by atoms with Crippen LogP contribution in [-0.2, 0) is 14.3 Å². The number of amides is 1. The van der Waals surface area contributed by atoms with Gasteiger partial charge >= 0.3 is 15.6 Å². The van der Waals surface area contributed by atoms with Crippen molar-refractivity contribution in [3.8, 4) is 0 Å². The molecule has 2 bridgehead atoms. The van der Waals surface area contributed by atoms with Crippen LogP contribution in [0, 0.1) is 5.92 Å². The van der Waals surface area contributed by atoms with Crippen LogP contribution in [0.15, 0.2) is 12.2 Å². The molecule has 108 valence electrons. The predicted molar refractivity (Wildman–Crippen MR) is 52.8 cm³/mol. The first-order valence-electron chi connectivity index (χ1n) is 5.27. The highest BCUT2D eigenvalue weighted by Gasteiger charge is 2.55. The lowest BCUT2D eigenvalue weighted by molar-refractivity contribution is -0.282. The standard InChI is InChI=1S/C9H10F3NO5S/c10-9(11,12)19(16,17)18-8-3-1-6(2-4-8)5-13(8)7(14)15/h1,3,6H,2,4-5H2,(H,14,15)/p-1. The Morgan fingerprint density at radius 1 is 1.47 bits per heavy atom. The third kappa shape index (κ3) is 2.29. The Labute approximate surface area is 106 Å². The van der Waals surface area contributed by atoms with Crippen LogP contribution >= 0.6 is 0 Å². The Bertz CT molecular complexity index is 528. The summed E-state index contributed by atoms with van der Waals surface area (Å²) in [7, 11) is -5.89. The number of fused-ring (bicyclic) bond motifs is 2. The molecule has 19 heavy (non-hydrogen) atoms. The van der Waals surface area contributed by atoms with Gasteiger partial charge in [-0.25, -0.2) is 4.18 Å². The lowest BCUT2D eigenvalue weighted by atomic mass is 9.84. The summed E-state index contributed by atoms with van der Waals surface area (Å²) >= 11 is 0. The number of piperidine rings is 1. The average molecular weight is 300 g/mol. The van der Waals surface area contributed by atoms with Crippen molar-refractivity contribution < 1.29 is 35.7 Å². The lowest BCUT2D eigenvalue weighted by Crippen LogP contribution is -2.63. The number of carboxylic acid groups (broad SMARTS) is 1. The van der Waals surface area contributed by atoms with Crippen LogP contribution in [0.1, 0.15) is 12.8 Å². The SMILES string of the molecule is O=C([O-])N1CC2C=CC1(OS(=O)(=O)C(F)(F)F)CC2. The van der Waals surface area contributed by atoms with E-state index in [0.29, 0.717) is 11.3 Å². The minimum Gasteiger partial charge on any atom is -0.530 e. The van der Waals surface area contributed by atoms with Crippen molar-refractivity contribution in [3.63, 3.8) is 0 Å². The topological polar surface area (TPSA) is 86.7 Å². The van der Waals surface area contributed by atoms with Gasteiger partial charge in [-0.15, -0.1) is 0 Å². The smallest absolute Gasteiger partial charge is 0.523 e. The van der Waals surface area contributed by atoms with E-state index in [9.17, 15) is 31.5 Å². The molecule has 1 aliphatic carbocycles. The Morgan fingerprint density at radius 2 is 2.11 bits per heavy atom. The van der Waals surface area contributed by atoms with Crippen LogP contribution < -0.4 is 5.11 Å². The highest BCUT2D eigenvalue weighted by molar-refractivity contribution is 7.87. The monoisotopic (exact) mass is 300 g/mol. The van der Waals surface area contributed by atoms with Crippen molar-refractivity contribution in [1.29, 1.82) is 0 Å². The average Bonchev–Trinajstić information content (AvgIpc) is 2.27. The summed E-state index contributed by atoms with van der Waals surface area (Å²) < 4.78 is 63.2. The van der Waals surface area contributed by atoms with Crippen molar-refractivity contribution >= 4 is 16.2 Å². The van der Waals surface area contributed by atoms with Gasteiger partial charge in [0.2, 0.25) is 0 Å². The quantitative estimate of drug-likeness (QED) is 0.412. The Balaban J connectivity index is 2.38. The van der Waals surface area contributed by atoms with Gasteiger partial charge in [-0.2, -0.15) is 21.6 Å². The highest BCUT2D eigenvalue weighted by atomic mass is 32.2. The summed E-state index contributed by atoms with van der Waals surface area (Å²) in [4.78, 5) is 11.4. The maximum atomic E-state index is 12.3. The Morgan fingerprint density at radius 3 is 2.53 bits per heavy atom. The third-order valence-corrected chi connectivity index (χ3v) is 4.21. The summed E-state index contributed by atoms with van der Waals surface area (Å²) in [6, 6.07) is 0. The number of carbonyl (C=O) groups is 1. The summed E-state index contributed by atoms with van der Waals surface area (Å²) in [5.74, 6) is -0.169. The molecule has 0 saturated carbocycles. The van der Waals surface area contributed by atoms with Crippen molar-refractivity contribution in [2.24, 2.45) is 5.92 Å². The zero-order valence-electron chi connectivity index (χ0n) is 9.38. The lowest BCUT2D eigenvalue weighted by Gasteiger charge is -2.50. The molecule has 0 aromatic heterocycles. The zero-order valence-corrected chi connectivity index (χ0v) is 10.2. The third-order valence-electron chi connectivity index (χ3n) is 3.13. The molecule has 2 unspecified atom stereocenters. The molecule has 0 spiro atoms. The van der Waals surface area contributed by atoms with E-state index in [2.05, 4.69) is 4.18 Å². The van der Waals surface area contributed by atoms with Gasteiger partial charge in [-0.3, -0.25) is 0 Å². The van der Waals surface area contributed by atoms with Crippen molar-refractivity contribution in [2.75, 3.05) is 6.54 Å². The van der Waals surface area contributed by atoms with E-state index in [1.807, 2.05) is 0 Å². The van der Waals surface area contributed by atoms with E-state index in [1.165, 1.54) is 6.08 Å². The Kier molecular flexibility index (Phi) is 3.05. The number of nitrogens with zero attached hydrogens (tertiary/aromatic N) is 1. The number of carbonyl (C=O) groups excluding carboxylic acids is 1. The van der Waals surface area contributed by atoms with Gasteiger partial charge in [0.1, 0.15) is 6.09 Å². The summed E-state index contributed by atoms with van der Waals surface area (Å²) in [6.07, 6.45) is 0.885. The van der Waals surface area contributed by atoms with E-state index >= 15 is 0 Å². The van der Waals surface area contributed by atoms with Crippen LogP contribution in [0.5, 0.6) is 0 Å². The first-order chi connectivity index (χ1) is 8.57. The molecule has 0 aromatic rings. The first-order valence-corrected chi connectivity index (χ1v) is 6.68. The number of halogens is 3. The summed E-state index contributed by atoms with van der Waals surface area (Å²) in [5.41, 5.74) is -7.76. The molecule has 0 radical (unpaired) electrons. The van der Waals surface area contributed by atoms with Gasteiger partial charge in [0.05, 0.1) is 0 Å². The fourth-order valence-electron chi connectivity index (χ4n) is 2.21. The van der Waals surface area contributed by atoms with E-state index in [0.717, 1.165) is 6.08 Å². The minimum absolute atomic E-state index is 0.147. The number of hydrogen-bond donors (Lipinski definition) is 0. The van der Waals surface area contributed by atoms with Crippen LogP contribution in [0.3, 0.4) is 0 Å². The Hall–Kier alpha value is -1.29. The van der Waals surface area contributed by atoms with Crippen LogP contribution in [-0.4, -0.2) is 37.2 Å². The molecule has 2 aliphatic heterocycles. The van der Waals surface area contributed by atoms with E-state index in [1.54, 1.807) is 0 Å². The fraction of sp³-hybridized carbons (Fsp3) is 0.667. The molecule has 1 amide bonds. The molecule has 3 rings (SSSR count). The maximum absolute atomic E-state index is 12.3. The molecule has 0 aromatic carbocycles. The predicted octanol–water partition coefficient (Wildman–Crippen LogP) is 0.174. The van der Waals surface area contributed by atoms with E-state index in [4.69, 9.17) is 0 Å². The molecular formula is C9H9F3NO5S-. The molecule has 2 heterocycles. The molecule has 0 N–H and O–H groups in total. The largest absolute Gasteiger partial charge is 0.530 e. The number of hydrogen-bond acceptors (Lipinski definition) is 5. The van der Waals surface area contributed by atoms with Gasteiger partial charge < -0.3 is 14.8 Å². The molecule has 10 heteroatoms. The van der Waals surface area contributed by atoms with Gasteiger partial charge in [0.25, 0.3) is 0 Å². The molecule has 1 fully saturated rings. The summed E-state index contributed by atoms with van der Waals surface area (Å²) in [5, 5.41) is 10.9. The van der Waals surface area contributed by atoms with Gasteiger partial charge in [0.15, 0.2) is 5.72 Å². The molecular weight excluding hydrogens is 291 g/mol. The number of alkyl halides is 3. The zero-order chi connectivity index (χ0) is 14.5. The second-order valence-electron chi connectivity index (χ2n) is 4.36. The molecule has 2 atom stereocenters. The van der Waals surface area contributed by atoms with Crippen LogP contribution in [0.2, 0.25) is 0 Å². The van der Waals surface area contributed by atoms with Gasteiger partial charge in [0, 0.05) is 13.0 Å². The van der Waals surface area contributed by atoms with E-state index < -0.39 is 27.4 Å². The van der Waals surface area contributed by atoms with E-state index in [-0.39, 0.29) is 18.9 Å². The second-order valence-corrected chi connectivity index (χ2v) is 5.90. The first kappa shape index (κ1) is 14.1. The molecule has 1 saturated heterocycles. The van der Waals surface area contributed by atoms with Crippen LogP contribution in [0.25, 0.3) is 0 Å². The van der Waals surface area contributed by atoms with Crippen molar-refractivity contribution in [1.82, 2.24) is 4.90 Å². The maximum Gasteiger partial charge on any atom is 0.523 e. The van der Waals surface area contributed by atoms with Gasteiger partial charge in [-0.1, -0.05) is 6.08 Å². The van der Waals surface area contributed by atoms with Crippen LogP contribution in [0.4, 0.5) is 18.0 Å². The van der Waals surface area contributed by atoms with Crippen molar-refractivity contribution in [3.05, 3.63) is 12.2 Å². The molecule has 3 aliphatic rings. The minimum atomic E-state index is -5.89.